The first kappa shape index (κ1) is 17.1. The van der Waals surface area contributed by atoms with Gasteiger partial charge in [0, 0.05) is 5.41 Å². The monoisotopic (exact) mass is 355 g/mol. The molecule has 0 heterocycles. The lowest BCUT2D eigenvalue weighted by atomic mass is 9.86. The number of aliphatic carboxylic acids is 1. The zero-order valence-corrected chi connectivity index (χ0v) is 12.8. The summed E-state index contributed by atoms with van der Waals surface area (Å²) in [7, 11) is 0. The minimum Gasteiger partial charge on any atom is -0.480 e. The van der Waals surface area contributed by atoms with Gasteiger partial charge in [-0.15, -0.1) is 23.2 Å². The van der Waals surface area contributed by atoms with Crippen molar-refractivity contribution in [3.05, 3.63) is 46.5 Å². The van der Waals surface area contributed by atoms with Crippen LogP contribution in [0.4, 0.5) is 17.6 Å². The second-order valence-electron chi connectivity index (χ2n) is 5.35. The summed E-state index contributed by atoms with van der Waals surface area (Å²) in [5.41, 5.74) is -4.88. The van der Waals surface area contributed by atoms with Crippen molar-refractivity contribution < 1.29 is 27.5 Å². The lowest BCUT2D eigenvalue weighted by molar-refractivity contribution is -0.140. The highest BCUT2D eigenvalue weighted by Gasteiger charge is 2.75. The molecule has 1 aromatic rings. The zero-order chi connectivity index (χ0) is 17.0. The van der Waals surface area contributed by atoms with Crippen LogP contribution in [0.15, 0.2) is 11.6 Å². The molecule has 2 rings (SSSR count). The summed E-state index contributed by atoms with van der Waals surface area (Å²) < 4.78 is 54.8. The standard InChI is InChI=1S/C14H9Cl2F4O2/c1-13(2)7(4-8(15)16)14(13,12(21)22)9-10(19)5(17)3-6(18)11(9)20/h4,8H,1-2H3,(H,21,22). The maximum atomic E-state index is 14.0. The van der Waals surface area contributed by atoms with E-state index >= 15 is 0 Å². The Morgan fingerprint density at radius 1 is 1.18 bits per heavy atom. The molecule has 1 atom stereocenters. The Hall–Kier alpha value is -1.27. The van der Waals surface area contributed by atoms with Crippen LogP contribution in [-0.4, -0.2) is 15.9 Å². The summed E-state index contributed by atoms with van der Waals surface area (Å²) in [6.07, 6.45) is 1.09. The molecule has 1 aliphatic carbocycles. The fourth-order valence-electron chi connectivity index (χ4n) is 2.94. The molecule has 0 amide bonds. The van der Waals surface area contributed by atoms with E-state index in [1.54, 1.807) is 0 Å². The lowest BCUT2D eigenvalue weighted by Gasteiger charge is -2.17. The molecule has 1 N–H and O–H groups in total. The number of carboxylic acids is 1. The van der Waals surface area contributed by atoms with Crippen molar-refractivity contribution in [3.63, 3.8) is 0 Å². The van der Waals surface area contributed by atoms with Gasteiger partial charge in [0.2, 0.25) is 0 Å². The number of carboxylic acid groups (broad SMARTS) is 1. The third-order valence-electron chi connectivity index (χ3n) is 3.98. The lowest BCUT2D eigenvalue weighted by Crippen LogP contribution is -2.29. The van der Waals surface area contributed by atoms with Crippen molar-refractivity contribution in [3.8, 4) is 0 Å². The molecule has 1 saturated carbocycles. The molecule has 119 valence electrons. The van der Waals surface area contributed by atoms with Crippen molar-refractivity contribution in [1.82, 2.24) is 0 Å². The van der Waals surface area contributed by atoms with Crippen molar-refractivity contribution >= 4 is 29.2 Å². The zero-order valence-electron chi connectivity index (χ0n) is 11.3. The van der Waals surface area contributed by atoms with Crippen LogP contribution in [0.2, 0.25) is 0 Å². The first-order valence-electron chi connectivity index (χ1n) is 5.99. The van der Waals surface area contributed by atoms with Gasteiger partial charge in [-0.2, -0.15) is 0 Å². The van der Waals surface area contributed by atoms with Crippen molar-refractivity contribution in [1.29, 1.82) is 0 Å². The van der Waals surface area contributed by atoms with Gasteiger partial charge in [-0.05, 0) is 5.57 Å². The van der Waals surface area contributed by atoms with Gasteiger partial charge in [0.25, 0.3) is 0 Å². The van der Waals surface area contributed by atoms with E-state index in [-0.39, 0.29) is 5.57 Å². The Morgan fingerprint density at radius 2 is 1.64 bits per heavy atom. The Bertz CT molecular complexity index is 674. The number of hydrogen-bond donors (Lipinski definition) is 1. The average Bonchev–Trinajstić information content (AvgIpc) is 2.84. The van der Waals surface area contributed by atoms with E-state index in [9.17, 15) is 27.5 Å². The van der Waals surface area contributed by atoms with Gasteiger partial charge < -0.3 is 5.11 Å². The summed E-state index contributed by atoms with van der Waals surface area (Å²) in [5, 5.41) is 9.49. The summed E-state index contributed by atoms with van der Waals surface area (Å²) in [5.74, 6) is -8.88. The third-order valence-corrected chi connectivity index (χ3v) is 4.24. The Morgan fingerprint density at radius 3 is 2.00 bits per heavy atom. The number of alkyl halides is 2. The Balaban J connectivity index is 2.86. The van der Waals surface area contributed by atoms with Crippen LogP contribution in [0, 0.1) is 34.8 Å². The minimum absolute atomic E-state index is 0.0368. The quantitative estimate of drug-likeness (QED) is 0.383. The molecular formula is C14H9Cl2F4O2. The molecule has 0 saturated heterocycles. The molecule has 0 aromatic heterocycles. The Labute approximate surface area is 133 Å². The van der Waals surface area contributed by atoms with E-state index in [1.807, 2.05) is 0 Å². The van der Waals surface area contributed by atoms with Gasteiger partial charge >= 0.3 is 5.97 Å². The SMILES string of the molecule is CC1(C)C(=CC(Cl)Cl)C1(C(=O)O)c1c(F)c(F)[c]c(F)c1F. The van der Waals surface area contributed by atoms with Gasteiger partial charge in [0.05, 0.1) is 11.6 Å². The van der Waals surface area contributed by atoms with E-state index in [0.717, 1.165) is 6.08 Å². The normalized spacial score (nSPS) is 24.9. The number of carbonyl (C=O) groups is 1. The van der Waals surface area contributed by atoms with Crippen LogP contribution in [0.5, 0.6) is 0 Å². The van der Waals surface area contributed by atoms with Crippen LogP contribution in [0.3, 0.4) is 0 Å². The van der Waals surface area contributed by atoms with Crippen LogP contribution < -0.4 is 0 Å². The molecule has 0 spiro atoms. The summed E-state index contributed by atoms with van der Waals surface area (Å²) in [6.45, 7) is 2.71. The number of benzene rings is 1. The van der Waals surface area contributed by atoms with E-state index in [0.29, 0.717) is 0 Å². The van der Waals surface area contributed by atoms with Gasteiger partial charge in [-0.1, -0.05) is 19.9 Å². The Kier molecular flexibility index (Phi) is 3.99. The second-order valence-corrected chi connectivity index (χ2v) is 6.51. The van der Waals surface area contributed by atoms with E-state index in [2.05, 4.69) is 0 Å². The molecule has 1 fully saturated rings. The van der Waals surface area contributed by atoms with Crippen LogP contribution >= 0.6 is 23.2 Å². The molecule has 8 heteroatoms. The summed E-state index contributed by atoms with van der Waals surface area (Å²) >= 11 is 11.1. The fourth-order valence-corrected chi connectivity index (χ4v) is 3.19. The number of hydrogen-bond acceptors (Lipinski definition) is 1. The summed E-state index contributed by atoms with van der Waals surface area (Å²) in [6, 6.07) is 1.22. The smallest absolute Gasteiger partial charge is 0.319 e. The molecule has 22 heavy (non-hydrogen) atoms. The molecule has 0 aliphatic heterocycles. The first-order valence-corrected chi connectivity index (χ1v) is 6.86. The predicted octanol–water partition coefficient (Wildman–Crippen LogP) is 4.14. The molecule has 1 aliphatic rings. The largest absolute Gasteiger partial charge is 0.480 e. The topological polar surface area (TPSA) is 37.3 Å². The number of halogens is 6. The number of rotatable bonds is 3. The van der Waals surface area contributed by atoms with Gasteiger partial charge in [-0.25, -0.2) is 17.6 Å². The number of allylic oxidation sites excluding steroid dienone is 1. The van der Waals surface area contributed by atoms with Crippen molar-refractivity contribution in [2.75, 3.05) is 0 Å². The van der Waals surface area contributed by atoms with E-state index in [4.69, 9.17) is 23.2 Å². The molecule has 0 bridgehead atoms. The molecule has 1 unspecified atom stereocenters. The molecule has 1 radical (unpaired) electrons. The molecular weight excluding hydrogens is 347 g/mol. The van der Waals surface area contributed by atoms with Crippen LogP contribution in [-0.2, 0) is 10.2 Å². The minimum atomic E-state index is -2.29. The second kappa shape index (κ2) is 5.13. The highest BCUT2D eigenvalue weighted by Crippen LogP contribution is 2.70. The van der Waals surface area contributed by atoms with E-state index in [1.165, 1.54) is 19.9 Å². The highest BCUT2D eigenvalue weighted by atomic mass is 35.5. The first-order chi connectivity index (χ1) is 9.99. The van der Waals surface area contributed by atoms with Gasteiger partial charge in [-0.3, -0.25) is 4.79 Å². The average molecular weight is 356 g/mol. The third kappa shape index (κ3) is 2.04. The summed E-state index contributed by atoms with van der Waals surface area (Å²) in [4.78, 5) is 10.6. The van der Waals surface area contributed by atoms with Crippen molar-refractivity contribution in [2.45, 2.75) is 24.1 Å². The highest BCUT2D eigenvalue weighted by molar-refractivity contribution is 6.45. The molecule has 2 nitrogen and oxygen atoms in total. The maximum Gasteiger partial charge on any atom is 0.319 e. The van der Waals surface area contributed by atoms with Crippen molar-refractivity contribution in [2.24, 2.45) is 5.41 Å². The fraction of sp³-hybridized carbons (Fsp3) is 0.357. The van der Waals surface area contributed by atoms with E-state index < -0.39 is 50.5 Å². The van der Waals surface area contributed by atoms with Crippen LogP contribution in [0.25, 0.3) is 0 Å². The predicted molar refractivity (Wildman–Crippen MR) is 71.8 cm³/mol. The van der Waals surface area contributed by atoms with Gasteiger partial charge in [0.15, 0.2) is 23.3 Å². The maximum absolute atomic E-state index is 14.0. The van der Waals surface area contributed by atoms with Gasteiger partial charge in [0.1, 0.15) is 10.3 Å². The van der Waals surface area contributed by atoms with Crippen LogP contribution in [0.1, 0.15) is 19.4 Å². The molecule has 1 aromatic carbocycles.